The fourth-order valence-electron chi connectivity index (χ4n) is 0.927. The molecule has 1 nitrogen and oxygen atoms in total. The van der Waals surface area contributed by atoms with Crippen LogP contribution in [0, 0.1) is 17.3 Å². The summed E-state index contributed by atoms with van der Waals surface area (Å²) in [5, 5.41) is 0. The highest BCUT2D eigenvalue weighted by Gasteiger charge is 2.20. The lowest BCUT2D eigenvalue weighted by Crippen LogP contribution is -2.20. The van der Waals surface area contributed by atoms with Crippen molar-refractivity contribution in [3.8, 4) is 0 Å². The molecular formula is C12H25N. The molecule has 78 valence electrons. The van der Waals surface area contributed by atoms with Crippen molar-refractivity contribution in [3.05, 3.63) is 0 Å². The molecule has 0 saturated heterocycles. The molecule has 0 fully saturated rings. The highest BCUT2D eigenvalue weighted by atomic mass is 14.7. The second kappa shape index (κ2) is 5.41. The fraction of sp³-hybridized carbons (Fsp3) is 0.917. The Labute approximate surface area is 83.6 Å². The Bertz CT molecular complexity index is 155. The Kier molecular flexibility index (Phi) is 5.27. The summed E-state index contributed by atoms with van der Waals surface area (Å²) in [4.78, 5) is 4.41. The third kappa shape index (κ3) is 5.84. The molecule has 0 amide bonds. The van der Waals surface area contributed by atoms with Gasteiger partial charge in [-0.15, -0.1) is 0 Å². The normalized spacial score (nSPS) is 13.5. The van der Waals surface area contributed by atoms with Gasteiger partial charge in [-0.3, -0.25) is 4.99 Å². The molecule has 0 aliphatic carbocycles. The Morgan fingerprint density at radius 2 is 1.69 bits per heavy atom. The minimum absolute atomic E-state index is 0.425. The number of hydrogen-bond acceptors (Lipinski definition) is 1. The van der Waals surface area contributed by atoms with Crippen LogP contribution in [0.1, 0.15) is 48.0 Å². The van der Waals surface area contributed by atoms with Gasteiger partial charge in [-0.05, 0) is 23.7 Å². The van der Waals surface area contributed by atoms with Crippen LogP contribution in [0.15, 0.2) is 4.99 Å². The largest absolute Gasteiger partial charge is 0.297 e. The van der Waals surface area contributed by atoms with Crippen molar-refractivity contribution >= 4 is 6.21 Å². The molecule has 0 aromatic heterocycles. The van der Waals surface area contributed by atoms with Gasteiger partial charge in [0.05, 0.1) is 0 Å². The highest BCUT2D eigenvalue weighted by molar-refractivity contribution is 5.59. The first-order valence-corrected chi connectivity index (χ1v) is 5.36. The second-order valence-electron chi connectivity index (χ2n) is 5.19. The zero-order valence-corrected chi connectivity index (χ0v) is 10.1. The van der Waals surface area contributed by atoms with Gasteiger partial charge in [-0.1, -0.05) is 41.5 Å². The number of nitrogens with zero attached hydrogens (tertiary/aromatic N) is 1. The minimum Gasteiger partial charge on any atom is -0.297 e. The molecule has 0 radical (unpaired) electrons. The molecular weight excluding hydrogens is 158 g/mol. The number of hydrogen-bond donors (Lipinski definition) is 0. The van der Waals surface area contributed by atoms with Gasteiger partial charge < -0.3 is 0 Å². The van der Waals surface area contributed by atoms with Crippen LogP contribution in [0.4, 0.5) is 0 Å². The summed E-state index contributed by atoms with van der Waals surface area (Å²) in [6, 6.07) is 0. The van der Waals surface area contributed by atoms with Gasteiger partial charge in [-0.25, -0.2) is 0 Å². The van der Waals surface area contributed by atoms with Gasteiger partial charge in [-0.2, -0.15) is 0 Å². The Hall–Kier alpha value is -0.330. The van der Waals surface area contributed by atoms with Crippen LogP contribution in [0.25, 0.3) is 0 Å². The maximum atomic E-state index is 4.41. The van der Waals surface area contributed by atoms with Crippen molar-refractivity contribution in [1.29, 1.82) is 0 Å². The first kappa shape index (κ1) is 12.7. The lowest BCUT2D eigenvalue weighted by atomic mass is 9.78. The fourth-order valence-corrected chi connectivity index (χ4v) is 0.927. The van der Waals surface area contributed by atoms with Crippen LogP contribution in [-0.4, -0.2) is 12.8 Å². The summed E-state index contributed by atoms with van der Waals surface area (Å²) in [6.07, 6.45) is 3.24. The molecule has 0 bridgehead atoms. The van der Waals surface area contributed by atoms with E-state index in [0.717, 1.165) is 12.5 Å². The van der Waals surface area contributed by atoms with Crippen LogP contribution in [0.3, 0.4) is 0 Å². The molecule has 1 heteroatoms. The van der Waals surface area contributed by atoms with Crippen molar-refractivity contribution in [2.45, 2.75) is 48.0 Å². The number of aliphatic imine (C=N–C) groups is 1. The third-order valence-electron chi connectivity index (χ3n) is 2.85. The SMILES string of the molecule is CC(C)/C=N\CCC(C)(C)C(C)C. The van der Waals surface area contributed by atoms with Gasteiger partial charge >= 0.3 is 0 Å². The Balaban J connectivity index is 3.76. The zero-order chi connectivity index (χ0) is 10.5. The second-order valence-corrected chi connectivity index (χ2v) is 5.19. The van der Waals surface area contributed by atoms with E-state index in [2.05, 4.69) is 52.7 Å². The quantitative estimate of drug-likeness (QED) is 0.575. The van der Waals surface area contributed by atoms with E-state index >= 15 is 0 Å². The molecule has 0 rings (SSSR count). The summed E-state index contributed by atoms with van der Waals surface area (Å²) < 4.78 is 0. The van der Waals surface area contributed by atoms with Crippen molar-refractivity contribution < 1.29 is 0 Å². The van der Waals surface area contributed by atoms with Crippen LogP contribution in [-0.2, 0) is 0 Å². The van der Waals surface area contributed by atoms with Gasteiger partial charge in [0, 0.05) is 12.8 Å². The van der Waals surface area contributed by atoms with E-state index in [1.807, 2.05) is 0 Å². The smallest absolute Gasteiger partial charge is 0.0390 e. The van der Waals surface area contributed by atoms with E-state index in [1.54, 1.807) is 0 Å². The first-order valence-electron chi connectivity index (χ1n) is 5.36. The van der Waals surface area contributed by atoms with E-state index < -0.39 is 0 Å². The first-order chi connectivity index (χ1) is 5.86. The summed E-state index contributed by atoms with van der Waals surface area (Å²) in [6.45, 7) is 14.5. The topological polar surface area (TPSA) is 12.4 Å². The Morgan fingerprint density at radius 3 is 2.08 bits per heavy atom. The van der Waals surface area contributed by atoms with E-state index in [0.29, 0.717) is 11.3 Å². The van der Waals surface area contributed by atoms with Crippen molar-refractivity contribution in [2.75, 3.05) is 6.54 Å². The lowest BCUT2D eigenvalue weighted by molar-refractivity contribution is 0.234. The lowest BCUT2D eigenvalue weighted by Gasteiger charge is -2.28. The monoisotopic (exact) mass is 183 g/mol. The highest BCUT2D eigenvalue weighted by Crippen LogP contribution is 2.29. The molecule has 0 saturated carbocycles. The van der Waals surface area contributed by atoms with E-state index in [-0.39, 0.29) is 0 Å². The molecule has 0 aromatic rings. The summed E-state index contributed by atoms with van der Waals surface area (Å²) >= 11 is 0. The van der Waals surface area contributed by atoms with E-state index in [9.17, 15) is 0 Å². The molecule has 0 heterocycles. The van der Waals surface area contributed by atoms with Gasteiger partial charge in [0.25, 0.3) is 0 Å². The molecule has 0 aliphatic rings. The van der Waals surface area contributed by atoms with Crippen LogP contribution >= 0.6 is 0 Å². The molecule has 0 atom stereocenters. The standard InChI is InChI=1S/C12H25N/c1-10(2)9-13-8-7-12(5,6)11(3)4/h9-11H,7-8H2,1-6H3/b13-9-. The maximum Gasteiger partial charge on any atom is 0.0390 e. The summed E-state index contributed by atoms with van der Waals surface area (Å²) in [5.41, 5.74) is 0.425. The van der Waals surface area contributed by atoms with Crippen LogP contribution in [0.2, 0.25) is 0 Å². The van der Waals surface area contributed by atoms with E-state index in [4.69, 9.17) is 0 Å². The van der Waals surface area contributed by atoms with Gasteiger partial charge in [0.15, 0.2) is 0 Å². The number of rotatable bonds is 5. The maximum absolute atomic E-state index is 4.41. The molecule has 0 N–H and O–H groups in total. The van der Waals surface area contributed by atoms with Crippen molar-refractivity contribution in [3.63, 3.8) is 0 Å². The van der Waals surface area contributed by atoms with Crippen LogP contribution < -0.4 is 0 Å². The zero-order valence-electron chi connectivity index (χ0n) is 10.1. The molecule has 13 heavy (non-hydrogen) atoms. The van der Waals surface area contributed by atoms with Crippen molar-refractivity contribution in [2.24, 2.45) is 22.2 Å². The molecule has 0 aromatic carbocycles. The summed E-state index contributed by atoms with van der Waals surface area (Å²) in [5.74, 6) is 1.32. The molecule has 0 aliphatic heterocycles. The Morgan fingerprint density at radius 1 is 1.15 bits per heavy atom. The summed E-state index contributed by atoms with van der Waals surface area (Å²) in [7, 11) is 0. The van der Waals surface area contributed by atoms with E-state index in [1.165, 1.54) is 6.42 Å². The molecule has 0 spiro atoms. The molecule has 0 unspecified atom stereocenters. The average molecular weight is 183 g/mol. The van der Waals surface area contributed by atoms with Crippen molar-refractivity contribution in [1.82, 2.24) is 0 Å². The third-order valence-corrected chi connectivity index (χ3v) is 2.85. The average Bonchev–Trinajstić information content (AvgIpc) is 1.97. The minimum atomic E-state index is 0.425. The predicted molar refractivity (Wildman–Crippen MR) is 61.4 cm³/mol. The predicted octanol–water partition coefficient (Wildman–Crippen LogP) is 3.79. The van der Waals surface area contributed by atoms with Crippen LogP contribution in [0.5, 0.6) is 0 Å². The van der Waals surface area contributed by atoms with Gasteiger partial charge in [0.1, 0.15) is 0 Å². The van der Waals surface area contributed by atoms with Gasteiger partial charge in [0.2, 0.25) is 0 Å².